The highest BCUT2D eigenvalue weighted by molar-refractivity contribution is 6.22. The van der Waals surface area contributed by atoms with Crippen LogP contribution in [0.4, 0.5) is 0 Å². The molecule has 2 nitrogen and oxygen atoms in total. The molecule has 0 aliphatic carbocycles. The maximum Gasteiger partial charge on any atom is 0.136 e. The minimum absolute atomic E-state index is 0.886. The van der Waals surface area contributed by atoms with Crippen LogP contribution >= 0.6 is 0 Å². The summed E-state index contributed by atoms with van der Waals surface area (Å²) in [6.07, 6.45) is 2.04. The second-order valence-electron chi connectivity index (χ2n) is 12.7. The van der Waals surface area contributed by atoms with E-state index in [-0.39, 0.29) is 0 Å². The lowest BCUT2D eigenvalue weighted by molar-refractivity contribution is 0.669. The molecular weight excluding hydrogens is 595 g/mol. The van der Waals surface area contributed by atoms with Crippen molar-refractivity contribution in [3.8, 4) is 44.6 Å². The smallest absolute Gasteiger partial charge is 0.136 e. The van der Waals surface area contributed by atoms with Crippen LogP contribution in [0.5, 0.6) is 0 Å². The van der Waals surface area contributed by atoms with Crippen molar-refractivity contribution in [1.29, 1.82) is 0 Å². The first kappa shape index (κ1) is 27.6. The van der Waals surface area contributed by atoms with E-state index in [2.05, 4.69) is 170 Å². The number of nitrogens with zero attached hydrogens (tertiary/aromatic N) is 1. The summed E-state index contributed by atoms with van der Waals surface area (Å²) in [6, 6.07) is 60.6. The zero-order valence-corrected chi connectivity index (χ0v) is 26.6. The van der Waals surface area contributed by atoms with E-state index in [1.807, 2.05) is 6.20 Å². The summed E-state index contributed by atoms with van der Waals surface area (Å²) >= 11 is 0. The lowest BCUT2D eigenvalue weighted by Gasteiger charge is -2.18. The number of pyridine rings is 1. The molecule has 2 heteroatoms. The molecule has 0 aliphatic rings. The van der Waals surface area contributed by atoms with Gasteiger partial charge in [-0.25, -0.2) is 0 Å². The molecule has 10 aromatic rings. The normalized spacial score (nSPS) is 11.7. The first-order valence-corrected chi connectivity index (χ1v) is 16.7. The Morgan fingerprint density at radius 2 is 0.898 bits per heavy atom. The predicted molar refractivity (Wildman–Crippen MR) is 206 cm³/mol. The lowest BCUT2D eigenvalue weighted by atomic mass is 9.85. The fraction of sp³-hybridized carbons (Fsp3) is 0. The Morgan fingerprint density at radius 3 is 1.63 bits per heavy atom. The van der Waals surface area contributed by atoms with Crippen LogP contribution in [0.15, 0.2) is 180 Å². The van der Waals surface area contributed by atoms with Gasteiger partial charge in [0.2, 0.25) is 0 Å². The van der Waals surface area contributed by atoms with Crippen LogP contribution in [0, 0.1) is 0 Å². The van der Waals surface area contributed by atoms with Crippen LogP contribution in [-0.4, -0.2) is 4.98 Å². The highest BCUT2D eigenvalue weighted by Crippen LogP contribution is 2.45. The molecule has 0 saturated heterocycles. The maximum atomic E-state index is 6.27. The number of fused-ring (bicyclic) bond motifs is 6. The van der Waals surface area contributed by atoms with Crippen LogP contribution in [0.3, 0.4) is 0 Å². The molecule has 0 saturated carbocycles. The molecule has 8 aromatic carbocycles. The van der Waals surface area contributed by atoms with E-state index in [1.165, 1.54) is 60.1 Å². The number of hydrogen-bond donors (Lipinski definition) is 0. The van der Waals surface area contributed by atoms with Gasteiger partial charge >= 0.3 is 0 Å². The number of rotatable bonds is 4. The standard InChI is InChI=1S/C47H29NO/c1-3-11-30(12-4-1)34-19-22-39-42(26-34)46(31-13-5-2-6-14-31)37-17-9-10-18-38(37)47(39)36-20-23-43(48-29-36)35-21-24-44-40(27-35)41-25-32-15-7-8-16-33(32)28-45(41)49-44/h1-29H. The van der Waals surface area contributed by atoms with Gasteiger partial charge in [0.1, 0.15) is 11.2 Å². The van der Waals surface area contributed by atoms with Gasteiger partial charge in [-0.2, -0.15) is 0 Å². The van der Waals surface area contributed by atoms with Gasteiger partial charge in [0.25, 0.3) is 0 Å². The van der Waals surface area contributed by atoms with Gasteiger partial charge in [0.05, 0.1) is 5.69 Å². The lowest BCUT2D eigenvalue weighted by Crippen LogP contribution is -1.92. The van der Waals surface area contributed by atoms with E-state index >= 15 is 0 Å². The van der Waals surface area contributed by atoms with Crippen molar-refractivity contribution in [2.45, 2.75) is 0 Å². The molecule has 2 heterocycles. The van der Waals surface area contributed by atoms with Gasteiger partial charge in [0.15, 0.2) is 0 Å². The zero-order chi connectivity index (χ0) is 32.3. The molecule has 0 bridgehead atoms. The van der Waals surface area contributed by atoms with Gasteiger partial charge in [-0.3, -0.25) is 4.98 Å². The Hall–Kier alpha value is -6.51. The number of furan rings is 1. The molecular formula is C47H29NO. The molecule has 228 valence electrons. The molecule has 0 radical (unpaired) electrons. The molecule has 0 fully saturated rings. The third-order valence-electron chi connectivity index (χ3n) is 9.88. The molecule has 2 aromatic heterocycles. The number of benzene rings is 8. The van der Waals surface area contributed by atoms with Crippen LogP contribution < -0.4 is 0 Å². The first-order valence-electron chi connectivity index (χ1n) is 16.7. The average molecular weight is 624 g/mol. The maximum absolute atomic E-state index is 6.27. The van der Waals surface area contributed by atoms with Crippen LogP contribution in [0.1, 0.15) is 0 Å². The summed E-state index contributed by atoms with van der Waals surface area (Å²) in [5.41, 5.74) is 11.0. The van der Waals surface area contributed by atoms with Crippen LogP contribution in [-0.2, 0) is 0 Å². The summed E-state index contributed by atoms with van der Waals surface area (Å²) < 4.78 is 6.27. The molecule has 10 rings (SSSR count). The number of hydrogen-bond acceptors (Lipinski definition) is 2. The molecule has 0 aliphatic heterocycles. The largest absolute Gasteiger partial charge is 0.456 e. The van der Waals surface area contributed by atoms with Crippen molar-refractivity contribution < 1.29 is 4.42 Å². The van der Waals surface area contributed by atoms with Gasteiger partial charge in [-0.1, -0.05) is 127 Å². The van der Waals surface area contributed by atoms with Gasteiger partial charge < -0.3 is 4.42 Å². The Bertz CT molecular complexity index is 2850. The van der Waals surface area contributed by atoms with E-state index in [4.69, 9.17) is 9.40 Å². The van der Waals surface area contributed by atoms with Crippen molar-refractivity contribution in [2.24, 2.45) is 0 Å². The van der Waals surface area contributed by atoms with E-state index in [9.17, 15) is 0 Å². The molecule has 0 spiro atoms. The fourth-order valence-electron chi connectivity index (χ4n) is 7.55. The Labute approximate surface area is 283 Å². The minimum atomic E-state index is 0.886. The van der Waals surface area contributed by atoms with Crippen molar-refractivity contribution in [3.63, 3.8) is 0 Å². The second-order valence-corrected chi connectivity index (χ2v) is 12.7. The number of aromatic nitrogens is 1. The molecule has 0 unspecified atom stereocenters. The molecule has 0 amide bonds. The third-order valence-corrected chi connectivity index (χ3v) is 9.88. The summed E-state index contributed by atoms with van der Waals surface area (Å²) in [5.74, 6) is 0. The van der Waals surface area contributed by atoms with Gasteiger partial charge in [-0.15, -0.1) is 0 Å². The van der Waals surface area contributed by atoms with E-state index < -0.39 is 0 Å². The Balaban J connectivity index is 1.15. The zero-order valence-electron chi connectivity index (χ0n) is 26.6. The monoisotopic (exact) mass is 623 g/mol. The van der Waals surface area contributed by atoms with Gasteiger partial charge in [-0.05, 0) is 103 Å². The van der Waals surface area contributed by atoms with E-state index in [1.54, 1.807) is 0 Å². The van der Waals surface area contributed by atoms with E-state index in [0.717, 1.165) is 38.8 Å². The first-order chi connectivity index (χ1) is 24.3. The third kappa shape index (κ3) is 4.53. The van der Waals surface area contributed by atoms with Crippen molar-refractivity contribution in [3.05, 3.63) is 176 Å². The average Bonchev–Trinajstić information content (AvgIpc) is 3.53. The molecule has 49 heavy (non-hydrogen) atoms. The van der Waals surface area contributed by atoms with Crippen molar-refractivity contribution in [1.82, 2.24) is 4.98 Å². The summed E-state index contributed by atoms with van der Waals surface area (Å²) in [5, 5.41) is 9.51. The highest BCUT2D eigenvalue weighted by atomic mass is 16.3. The summed E-state index contributed by atoms with van der Waals surface area (Å²) in [7, 11) is 0. The summed E-state index contributed by atoms with van der Waals surface area (Å²) in [6.45, 7) is 0. The highest BCUT2D eigenvalue weighted by Gasteiger charge is 2.18. The van der Waals surface area contributed by atoms with Crippen molar-refractivity contribution >= 4 is 54.3 Å². The van der Waals surface area contributed by atoms with E-state index in [0.29, 0.717) is 0 Å². The Morgan fingerprint density at radius 1 is 0.327 bits per heavy atom. The Kier molecular flexibility index (Phi) is 6.22. The van der Waals surface area contributed by atoms with Crippen LogP contribution in [0.2, 0.25) is 0 Å². The van der Waals surface area contributed by atoms with Crippen molar-refractivity contribution in [2.75, 3.05) is 0 Å². The summed E-state index contributed by atoms with van der Waals surface area (Å²) in [4.78, 5) is 5.08. The SMILES string of the molecule is c1ccc(-c2ccc3c(-c4ccc(-c5ccc6oc7cc8ccccc8cc7c6c5)nc4)c4ccccc4c(-c4ccccc4)c3c2)cc1. The minimum Gasteiger partial charge on any atom is -0.456 e. The second kappa shape index (κ2) is 11.0. The fourth-order valence-corrected chi connectivity index (χ4v) is 7.55. The molecule has 0 atom stereocenters. The van der Waals surface area contributed by atoms with Crippen LogP contribution in [0.25, 0.3) is 98.9 Å². The quantitative estimate of drug-likeness (QED) is 0.182. The molecule has 0 N–H and O–H groups in total. The predicted octanol–water partition coefficient (Wildman–Crippen LogP) is 13.1. The van der Waals surface area contributed by atoms with Gasteiger partial charge in [0, 0.05) is 28.1 Å². The topological polar surface area (TPSA) is 26.0 Å².